The van der Waals surface area contributed by atoms with Crippen LogP contribution in [0.4, 0.5) is 4.79 Å². The van der Waals surface area contributed by atoms with E-state index in [0.717, 1.165) is 11.4 Å². The molecular weight excluding hydrogens is 234 g/mol. The van der Waals surface area contributed by atoms with Crippen LogP contribution in [0.25, 0.3) is 0 Å². The first-order valence-electron chi connectivity index (χ1n) is 6.27. The van der Waals surface area contributed by atoms with Gasteiger partial charge in [0.05, 0.1) is 12.6 Å². The van der Waals surface area contributed by atoms with Crippen molar-refractivity contribution in [2.45, 2.75) is 39.3 Å². The maximum Gasteiger partial charge on any atom is 0.325 e. The normalized spacial score (nSPS) is 20.4. The van der Waals surface area contributed by atoms with Gasteiger partial charge >= 0.3 is 6.03 Å². The first kappa shape index (κ1) is 14.9. The summed E-state index contributed by atoms with van der Waals surface area (Å²) in [4.78, 5) is 24.5. The molecule has 0 aliphatic carbocycles. The Balaban J connectivity index is 2.43. The van der Waals surface area contributed by atoms with Gasteiger partial charge in [0, 0.05) is 6.54 Å². The molecule has 1 saturated heterocycles. The molecule has 3 amide bonds. The van der Waals surface area contributed by atoms with E-state index in [-0.39, 0.29) is 12.5 Å². The lowest BCUT2D eigenvalue weighted by molar-refractivity contribution is -0.131. The zero-order chi connectivity index (χ0) is 13.9. The van der Waals surface area contributed by atoms with Crippen LogP contribution in [0.5, 0.6) is 0 Å². The molecule has 1 fully saturated rings. The van der Waals surface area contributed by atoms with E-state index in [9.17, 15) is 14.7 Å². The van der Waals surface area contributed by atoms with Gasteiger partial charge in [-0.15, -0.1) is 0 Å². The van der Waals surface area contributed by atoms with Crippen LogP contribution in [-0.4, -0.2) is 53.2 Å². The molecule has 0 bridgehead atoms. The molecule has 6 heteroatoms. The van der Waals surface area contributed by atoms with Gasteiger partial charge in [0.2, 0.25) is 0 Å². The van der Waals surface area contributed by atoms with Crippen LogP contribution in [0.3, 0.4) is 0 Å². The van der Waals surface area contributed by atoms with E-state index in [1.54, 1.807) is 13.8 Å². The maximum atomic E-state index is 11.9. The van der Waals surface area contributed by atoms with Crippen molar-refractivity contribution in [2.75, 3.05) is 19.6 Å². The summed E-state index contributed by atoms with van der Waals surface area (Å²) in [7, 11) is 0. The third kappa shape index (κ3) is 3.68. The molecule has 1 aliphatic rings. The number of carbonyl (C=O) groups is 2. The molecule has 0 spiro atoms. The van der Waals surface area contributed by atoms with E-state index in [0.29, 0.717) is 12.5 Å². The van der Waals surface area contributed by atoms with E-state index in [2.05, 4.69) is 24.5 Å². The number of nitrogens with zero attached hydrogens (tertiary/aromatic N) is 1. The highest BCUT2D eigenvalue weighted by Crippen LogP contribution is 2.16. The molecule has 1 atom stereocenters. The van der Waals surface area contributed by atoms with Crippen LogP contribution in [0.15, 0.2) is 0 Å². The molecule has 0 aromatic rings. The van der Waals surface area contributed by atoms with Gasteiger partial charge in [-0.05, 0) is 26.3 Å². The number of β-amino-alcohol motifs (C(OH)–C–C–N with tert-alkyl or cyclic N) is 1. The fraction of sp³-hybridized carbons (Fsp3) is 0.833. The van der Waals surface area contributed by atoms with Gasteiger partial charge in [-0.1, -0.05) is 13.8 Å². The number of nitrogens with one attached hydrogen (secondary N) is 2. The first-order chi connectivity index (χ1) is 8.24. The topological polar surface area (TPSA) is 81.7 Å². The molecular formula is C12H23N3O3. The molecule has 3 N–H and O–H groups in total. The number of hydrogen-bond donors (Lipinski definition) is 3. The number of aliphatic hydroxyl groups excluding tert-OH is 1. The van der Waals surface area contributed by atoms with Crippen molar-refractivity contribution in [2.24, 2.45) is 5.92 Å². The van der Waals surface area contributed by atoms with Crippen LogP contribution in [0.2, 0.25) is 0 Å². The minimum Gasteiger partial charge on any atom is -0.390 e. The number of rotatable bonds is 6. The molecule has 1 rings (SSSR count). The Morgan fingerprint density at radius 1 is 1.33 bits per heavy atom. The van der Waals surface area contributed by atoms with Crippen molar-refractivity contribution in [3.05, 3.63) is 0 Å². The number of hydrogen-bond acceptors (Lipinski definition) is 4. The predicted octanol–water partition coefficient (Wildman–Crippen LogP) is -0.0767. The number of imide groups is 1. The van der Waals surface area contributed by atoms with Crippen LogP contribution < -0.4 is 10.6 Å². The highest BCUT2D eigenvalue weighted by molar-refractivity contribution is 6.06. The zero-order valence-electron chi connectivity index (χ0n) is 11.5. The van der Waals surface area contributed by atoms with E-state index in [4.69, 9.17) is 0 Å². The number of aliphatic hydroxyl groups is 1. The fourth-order valence-corrected chi connectivity index (χ4v) is 1.80. The van der Waals surface area contributed by atoms with Gasteiger partial charge in [0.1, 0.15) is 5.54 Å². The Hall–Kier alpha value is -1.14. The van der Waals surface area contributed by atoms with Gasteiger partial charge < -0.3 is 15.7 Å². The number of carbonyl (C=O) groups excluding carboxylic acids is 2. The van der Waals surface area contributed by atoms with Crippen molar-refractivity contribution in [1.29, 1.82) is 0 Å². The van der Waals surface area contributed by atoms with Crippen molar-refractivity contribution >= 4 is 11.9 Å². The fourth-order valence-electron chi connectivity index (χ4n) is 1.80. The summed E-state index contributed by atoms with van der Waals surface area (Å²) in [5, 5.41) is 15.5. The van der Waals surface area contributed by atoms with E-state index in [1.165, 1.54) is 0 Å². The van der Waals surface area contributed by atoms with Crippen LogP contribution in [0.1, 0.15) is 27.7 Å². The molecule has 6 nitrogen and oxygen atoms in total. The molecule has 104 valence electrons. The van der Waals surface area contributed by atoms with Crippen molar-refractivity contribution < 1.29 is 14.7 Å². The highest BCUT2D eigenvalue weighted by atomic mass is 16.3. The third-order valence-corrected chi connectivity index (χ3v) is 2.77. The average molecular weight is 257 g/mol. The zero-order valence-corrected chi connectivity index (χ0v) is 11.5. The Bertz CT molecular complexity index is 329. The molecule has 18 heavy (non-hydrogen) atoms. The van der Waals surface area contributed by atoms with Crippen molar-refractivity contribution in [3.63, 3.8) is 0 Å². The van der Waals surface area contributed by atoms with Crippen molar-refractivity contribution in [1.82, 2.24) is 15.5 Å². The summed E-state index contributed by atoms with van der Waals surface area (Å²) >= 11 is 0. The second kappa shape index (κ2) is 5.67. The molecule has 1 aliphatic heterocycles. The lowest BCUT2D eigenvalue weighted by Crippen LogP contribution is -2.43. The summed E-state index contributed by atoms with van der Waals surface area (Å²) < 4.78 is 0. The minimum absolute atomic E-state index is 0.0270. The summed E-state index contributed by atoms with van der Waals surface area (Å²) in [6, 6.07) is -0.437. The van der Waals surface area contributed by atoms with Crippen molar-refractivity contribution in [3.8, 4) is 0 Å². The highest BCUT2D eigenvalue weighted by Gasteiger charge is 2.44. The number of amides is 3. The Morgan fingerprint density at radius 2 is 1.94 bits per heavy atom. The lowest BCUT2D eigenvalue weighted by atomic mass is 10.1. The summed E-state index contributed by atoms with van der Waals surface area (Å²) in [6.45, 7) is 8.63. The van der Waals surface area contributed by atoms with E-state index < -0.39 is 17.7 Å². The number of urea groups is 1. The van der Waals surface area contributed by atoms with Gasteiger partial charge in [-0.2, -0.15) is 0 Å². The van der Waals surface area contributed by atoms with E-state index in [1.807, 2.05) is 0 Å². The van der Waals surface area contributed by atoms with Crippen LogP contribution in [0, 0.1) is 5.92 Å². The van der Waals surface area contributed by atoms with Gasteiger partial charge in [0.15, 0.2) is 0 Å². The summed E-state index contributed by atoms with van der Waals surface area (Å²) in [6.07, 6.45) is -0.743. The second-order valence-corrected chi connectivity index (χ2v) is 5.68. The Morgan fingerprint density at radius 3 is 2.39 bits per heavy atom. The molecule has 0 saturated carbocycles. The van der Waals surface area contributed by atoms with Gasteiger partial charge in [-0.25, -0.2) is 4.79 Å². The predicted molar refractivity (Wildman–Crippen MR) is 68.0 cm³/mol. The third-order valence-electron chi connectivity index (χ3n) is 2.77. The monoisotopic (exact) mass is 257 g/mol. The SMILES string of the molecule is CC(C)CNCC(O)CN1C(=O)NC(C)(C)C1=O. The Kier molecular flexibility index (Phi) is 4.70. The smallest absolute Gasteiger partial charge is 0.325 e. The second-order valence-electron chi connectivity index (χ2n) is 5.68. The van der Waals surface area contributed by atoms with E-state index >= 15 is 0 Å². The summed E-state index contributed by atoms with van der Waals surface area (Å²) in [5.74, 6) is 0.197. The van der Waals surface area contributed by atoms with Crippen LogP contribution in [-0.2, 0) is 4.79 Å². The standard InChI is InChI=1S/C12H23N3O3/c1-8(2)5-13-6-9(16)7-15-10(17)12(3,4)14-11(15)18/h8-9,13,16H,5-7H2,1-4H3,(H,14,18). The molecule has 0 aromatic carbocycles. The maximum absolute atomic E-state index is 11.9. The molecule has 1 heterocycles. The lowest BCUT2D eigenvalue weighted by Gasteiger charge is -2.19. The molecule has 0 radical (unpaired) electrons. The molecule has 1 unspecified atom stereocenters. The first-order valence-corrected chi connectivity index (χ1v) is 6.27. The van der Waals surface area contributed by atoms with Gasteiger partial charge in [0.25, 0.3) is 5.91 Å². The largest absolute Gasteiger partial charge is 0.390 e. The average Bonchev–Trinajstić information content (AvgIpc) is 2.40. The summed E-state index contributed by atoms with van der Waals surface area (Å²) in [5.41, 5.74) is -0.873. The van der Waals surface area contributed by atoms with Gasteiger partial charge in [-0.3, -0.25) is 9.69 Å². The Labute approximate surface area is 108 Å². The molecule has 0 aromatic heterocycles. The van der Waals surface area contributed by atoms with Crippen LogP contribution >= 0.6 is 0 Å². The quantitative estimate of drug-likeness (QED) is 0.581. The minimum atomic E-state index is -0.873.